The lowest BCUT2D eigenvalue weighted by molar-refractivity contribution is 0.192. The van der Waals surface area contributed by atoms with E-state index in [1.165, 1.54) is 18.5 Å². The van der Waals surface area contributed by atoms with Crippen molar-refractivity contribution in [1.29, 1.82) is 0 Å². The highest BCUT2D eigenvalue weighted by atomic mass is 32.2. The molecule has 2 rings (SSSR count). The number of likely N-dealkylation sites (tertiary alicyclic amines) is 1. The molecular weight excluding hydrogens is 268 g/mol. The molecule has 1 fully saturated rings. The topological polar surface area (TPSA) is 47.1 Å². The minimum Gasteiger partial charge on any atom is -0.329 e. The Morgan fingerprint density at radius 3 is 2.70 bits per heavy atom. The summed E-state index contributed by atoms with van der Waals surface area (Å²) in [4.78, 5) is 2.51. The maximum atomic E-state index is 5.94. The van der Waals surface area contributed by atoms with Crippen molar-refractivity contribution in [2.45, 2.75) is 50.4 Å². The number of thioether (sulfide) groups is 1. The molecule has 0 saturated carbocycles. The van der Waals surface area contributed by atoms with E-state index < -0.39 is 0 Å². The molecule has 1 aliphatic rings. The number of hydrogen-bond donors (Lipinski definition) is 1. The van der Waals surface area contributed by atoms with Crippen LogP contribution in [-0.2, 0) is 6.54 Å². The number of aromatic nitrogens is 2. The molecule has 1 aromatic heterocycles. The molecule has 20 heavy (non-hydrogen) atoms. The summed E-state index contributed by atoms with van der Waals surface area (Å²) in [6.07, 6.45) is 7.81. The maximum absolute atomic E-state index is 5.94. The lowest BCUT2D eigenvalue weighted by atomic mass is 9.95. The van der Waals surface area contributed by atoms with Crippen LogP contribution in [0.4, 0.5) is 0 Å². The van der Waals surface area contributed by atoms with Gasteiger partial charge in [-0.2, -0.15) is 16.9 Å². The first-order valence-corrected chi connectivity index (χ1v) is 8.86. The molecule has 1 saturated heterocycles. The Balaban J connectivity index is 1.88. The molecule has 0 aromatic carbocycles. The number of nitrogens with zero attached hydrogens (tertiary/aromatic N) is 3. The van der Waals surface area contributed by atoms with Gasteiger partial charge in [0, 0.05) is 30.1 Å². The zero-order valence-electron chi connectivity index (χ0n) is 13.0. The average molecular weight is 296 g/mol. The van der Waals surface area contributed by atoms with Crippen LogP contribution in [-0.4, -0.2) is 45.3 Å². The molecular formula is C15H28N4S. The van der Waals surface area contributed by atoms with Crippen LogP contribution in [0.1, 0.15) is 44.8 Å². The Morgan fingerprint density at radius 1 is 1.45 bits per heavy atom. The van der Waals surface area contributed by atoms with Crippen LogP contribution in [0.2, 0.25) is 0 Å². The van der Waals surface area contributed by atoms with Gasteiger partial charge in [-0.1, -0.05) is 6.92 Å². The van der Waals surface area contributed by atoms with Crippen LogP contribution in [0.25, 0.3) is 0 Å². The highest BCUT2D eigenvalue weighted by molar-refractivity contribution is 8.00. The first kappa shape index (κ1) is 15.9. The lowest BCUT2D eigenvalue weighted by Gasteiger charge is -2.39. The highest BCUT2D eigenvalue weighted by Gasteiger charge is 2.32. The second-order valence-electron chi connectivity index (χ2n) is 5.91. The fourth-order valence-electron chi connectivity index (χ4n) is 2.73. The molecule has 1 unspecified atom stereocenters. The smallest absolute Gasteiger partial charge is 0.0764 e. The molecule has 1 aliphatic heterocycles. The van der Waals surface area contributed by atoms with E-state index in [0.29, 0.717) is 10.8 Å². The molecule has 2 heterocycles. The summed E-state index contributed by atoms with van der Waals surface area (Å²) in [5.41, 5.74) is 7.13. The SMILES string of the molecule is CCC(C)n1ccc(CN2CCC(CN)(SC)CC2)n1. The maximum Gasteiger partial charge on any atom is 0.0764 e. The normalized spacial score (nSPS) is 21.0. The van der Waals surface area contributed by atoms with Crippen molar-refractivity contribution in [2.75, 3.05) is 25.9 Å². The van der Waals surface area contributed by atoms with Crippen molar-refractivity contribution in [3.63, 3.8) is 0 Å². The zero-order valence-corrected chi connectivity index (χ0v) is 13.8. The molecule has 2 N–H and O–H groups in total. The Bertz CT molecular complexity index is 404. The molecule has 114 valence electrons. The van der Waals surface area contributed by atoms with Crippen molar-refractivity contribution in [3.8, 4) is 0 Å². The van der Waals surface area contributed by atoms with Gasteiger partial charge in [-0.05, 0) is 51.6 Å². The van der Waals surface area contributed by atoms with Gasteiger partial charge in [-0.15, -0.1) is 0 Å². The molecule has 1 aromatic rings. The molecule has 0 spiro atoms. The summed E-state index contributed by atoms with van der Waals surface area (Å²) < 4.78 is 2.40. The monoisotopic (exact) mass is 296 g/mol. The van der Waals surface area contributed by atoms with Gasteiger partial charge in [0.2, 0.25) is 0 Å². The number of piperidine rings is 1. The highest BCUT2D eigenvalue weighted by Crippen LogP contribution is 2.33. The van der Waals surface area contributed by atoms with E-state index in [4.69, 9.17) is 10.8 Å². The van der Waals surface area contributed by atoms with Crippen molar-refractivity contribution in [1.82, 2.24) is 14.7 Å². The largest absolute Gasteiger partial charge is 0.329 e. The van der Waals surface area contributed by atoms with Crippen molar-refractivity contribution in [3.05, 3.63) is 18.0 Å². The molecule has 5 heteroatoms. The molecule has 4 nitrogen and oxygen atoms in total. The summed E-state index contributed by atoms with van der Waals surface area (Å²) in [6.45, 7) is 8.45. The van der Waals surface area contributed by atoms with Crippen molar-refractivity contribution in [2.24, 2.45) is 5.73 Å². The summed E-state index contributed by atoms with van der Waals surface area (Å²) in [5, 5.41) is 4.70. The molecule has 1 atom stereocenters. The fourth-order valence-corrected chi connectivity index (χ4v) is 3.49. The third-order valence-electron chi connectivity index (χ3n) is 4.66. The summed E-state index contributed by atoms with van der Waals surface area (Å²) >= 11 is 1.94. The summed E-state index contributed by atoms with van der Waals surface area (Å²) in [6, 6.07) is 2.65. The van der Waals surface area contributed by atoms with E-state index in [1.54, 1.807) is 0 Å². The van der Waals surface area contributed by atoms with Crippen LogP contribution >= 0.6 is 11.8 Å². The molecule has 0 amide bonds. The number of rotatable bonds is 6. The third-order valence-corrected chi connectivity index (χ3v) is 6.10. The predicted octanol–water partition coefficient (Wildman–Crippen LogP) is 2.51. The van der Waals surface area contributed by atoms with Crippen molar-refractivity contribution >= 4 is 11.8 Å². The first-order valence-electron chi connectivity index (χ1n) is 7.64. The van der Waals surface area contributed by atoms with Crippen LogP contribution < -0.4 is 5.73 Å². The molecule has 0 bridgehead atoms. The number of hydrogen-bond acceptors (Lipinski definition) is 4. The van der Waals surface area contributed by atoms with Crippen LogP contribution in [0.5, 0.6) is 0 Å². The minimum absolute atomic E-state index is 0.312. The average Bonchev–Trinajstić information content (AvgIpc) is 2.96. The predicted molar refractivity (Wildman–Crippen MR) is 87.0 cm³/mol. The van der Waals surface area contributed by atoms with Gasteiger partial charge in [0.25, 0.3) is 0 Å². The second kappa shape index (κ2) is 6.96. The van der Waals surface area contributed by atoms with Crippen molar-refractivity contribution < 1.29 is 0 Å². The Kier molecular flexibility index (Phi) is 5.52. The lowest BCUT2D eigenvalue weighted by Crippen LogP contribution is -2.46. The van der Waals surface area contributed by atoms with E-state index in [0.717, 1.165) is 32.6 Å². The van der Waals surface area contributed by atoms with Gasteiger partial charge in [0.15, 0.2) is 0 Å². The molecule has 0 aliphatic carbocycles. The van der Waals surface area contributed by atoms with Crippen LogP contribution in [0.15, 0.2) is 12.3 Å². The number of nitrogens with two attached hydrogens (primary N) is 1. The van der Waals surface area contributed by atoms with E-state index in [-0.39, 0.29) is 0 Å². The van der Waals surface area contributed by atoms with Gasteiger partial charge in [-0.25, -0.2) is 0 Å². The van der Waals surface area contributed by atoms with Gasteiger partial charge in [0.1, 0.15) is 0 Å². The Morgan fingerprint density at radius 2 is 2.15 bits per heavy atom. The fraction of sp³-hybridized carbons (Fsp3) is 0.800. The zero-order chi connectivity index (χ0) is 14.6. The van der Waals surface area contributed by atoms with E-state index in [9.17, 15) is 0 Å². The Labute approximate surface area is 127 Å². The van der Waals surface area contributed by atoms with Gasteiger partial charge >= 0.3 is 0 Å². The van der Waals surface area contributed by atoms with E-state index in [1.807, 2.05) is 11.8 Å². The van der Waals surface area contributed by atoms with Gasteiger partial charge in [-0.3, -0.25) is 9.58 Å². The van der Waals surface area contributed by atoms with E-state index in [2.05, 4.69) is 41.9 Å². The van der Waals surface area contributed by atoms with Gasteiger partial charge in [0.05, 0.1) is 5.69 Å². The Hall–Kier alpha value is -0.520. The molecule has 0 radical (unpaired) electrons. The van der Waals surface area contributed by atoms with E-state index >= 15 is 0 Å². The van der Waals surface area contributed by atoms with Gasteiger partial charge < -0.3 is 5.73 Å². The standard InChI is InChI=1S/C15H28N4S/c1-4-13(2)19-8-5-14(17-19)11-18-9-6-15(12-16,20-3)7-10-18/h5,8,13H,4,6-7,9-12,16H2,1-3H3. The van der Waals surface area contributed by atoms with Crippen LogP contribution in [0, 0.1) is 0 Å². The minimum atomic E-state index is 0.312. The quantitative estimate of drug-likeness (QED) is 0.876. The van der Waals surface area contributed by atoms with Crippen LogP contribution in [0.3, 0.4) is 0 Å². The summed E-state index contributed by atoms with van der Waals surface area (Å²) in [7, 11) is 0. The first-order chi connectivity index (χ1) is 9.62. The third kappa shape index (κ3) is 3.57. The summed E-state index contributed by atoms with van der Waals surface area (Å²) in [5.74, 6) is 0. The second-order valence-corrected chi connectivity index (χ2v) is 7.19.